The Bertz CT molecular complexity index is 258. The largest absolute Gasteiger partial charge is 0.355 e. The molecule has 2 unspecified atom stereocenters. The number of nitriles is 1. The molecule has 0 bridgehead atoms. The van der Waals surface area contributed by atoms with Gasteiger partial charge < -0.3 is 11.1 Å². The molecule has 0 aliphatic rings. The highest BCUT2D eigenvalue weighted by atomic mass is 16.1. The fourth-order valence-corrected chi connectivity index (χ4v) is 1.74. The maximum Gasteiger partial charge on any atom is 0.220 e. The molecule has 0 saturated heterocycles. The van der Waals surface area contributed by atoms with E-state index in [-0.39, 0.29) is 11.8 Å². The van der Waals surface area contributed by atoms with Gasteiger partial charge in [0.1, 0.15) is 0 Å². The van der Waals surface area contributed by atoms with Crippen molar-refractivity contribution in [1.82, 2.24) is 5.32 Å². The van der Waals surface area contributed by atoms with Crippen LogP contribution in [0.5, 0.6) is 0 Å². The third-order valence-electron chi connectivity index (χ3n) is 3.05. The second-order valence-electron chi connectivity index (χ2n) is 4.95. The number of carbonyl (C=O) groups is 1. The fraction of sp³-hybridized carbons (Fsp3) is 0.846. The van der Waals surface area contributed by atoms with Gasteiger partial charge in [-0.2, -0.15) is 5.26 Å². The van der Waals surface area contributed by atoms with Crippen LogP contribution in [0.3, 0.4) is 0 Å². The van der Waals surface area contributed by atoms with Crippen molar-refractivity contribution in [1.29, 1.82) is 5.26 Å². The van der Waals surface area contributed by atoms with E-state index in [1.165, 1.54) is 0 Å². The highest BCUT2D eigenvalue weighted by Crippen LogP contribution is 2.20. The molecule has 98 valence electrons. The second kappa shape index (κ2) is 9.00. The highest BCUT2D eigenvalue weighted by Gasteiger charge is 2.14. The van der Waals surface area contributed by atoms with Gasteiger partial charge in [0.15, 0.2) is 0 Å². The molecule has 0 aromatic rings. The quantitative estimate of drug-likeness (QED) is 0.676. The summed E-state index contributed by atoms with van der Waals surface area (Å²) in [5, 5.41) is 11.4. The molecule has 0 fully saturated rings. The fourth-order valence-electron chi connectivity index (χ4n) is 1.74. The van der Waals surface area contributed by atoms with E-state index in [1.54, 1.807) is 6.92 Å². The van der Waals surface area contributed by atoms with Crippen LogP contribution < -0.4 is 11.1 Å². The summed E-state index contributed by atoms with van der Waals surface area (Å²) in [5.74, 6) is 0.988. The second-order valence-corrected chi connectivity index (χ2v) is 4.95. The zero-order valence-electron chi connectivity index (χ0n) is 11.2. The molecule has 0 rings (SSSR count). The van der Waals surface area contributed by atoms with E-state index >= 15 is 0 Å². The molecule has 2 atom stereocenters. The SMILES string of the molecule is CC(C#N)CNC(=O)CCC(CCN)C(C)C. The number of nitrogens with two attached hydrogens (primary N) is 1. The van der Waals surface area contributed by atoms with Crippen molar-refractivity contribution < 1.29 is 4.79 Å². The van der Waals surface area contributed by atoms with E-state index in [2.05, 4.69) is 25.2 Å². The zero-order chi connectivity index (χ0) is 13.3. The average molecular weight is 239 g/mol. The lowest BCUT2D eigenvalue weighted by atomic mass is 9.88. The van der Waals surface area contributed by atoms with Gasteiger partial charge >= 0.3 is 0 Å². The minimum Gasteiger partial charge on any atom is -0.355 e. The summed E-state index contributed by atoms with van der Waals surface area (Å²) >= 11 is 0. The third-order valence-corrected chi connectivity index (χ3v) is 3.05. The van der Waals surface area contributed by atoms with Crippen molar-refractivity contribution in [2.75, 3.05) is 13.1 Å². The molecule has 0 aliphatic carbocycles. The van der Waals surface area contributed by atoms with Crippen molar-refractivity contribution in [3.05, 3.63) is 0 Å². The number of hydrogen-bond acceptors (Lipinski definition) is 3. The summed E-state index contributed by atoms with van der Waals surface area (Å²) in [6.45, 7) is 7.24. The molecule has 4 heteroatoms. The minimum absolute atomic E-state index is 0.0368. The predicted molar refractivity (Wildman–Crippen MR) is 69.0 cm³/mol. The summed E-state index contributed by atoms with van der Waals surface area (Å²) in [4.78, 5) is 11.5. The molecule has 0 heterocycles. The third kappa shape index (κ3) is 7.76. The molecular formula is C13H25N3O. The van der Waals surface area contributed by atoms with Crippen molar-refractivity contribution >= 4 is 5.91 Å². The van der Waals surface area contributed by atoms with Gasteiger partial charge in [-0.1, -0.05) is 13.8 Å². The van der Waals surface area contributed by atoms with Crippen LogP contribution in [0, 0.1) is 29.1 Å². The Hall–Kier alpha value is -1.08. The molecule has 0 saturated carbocycles. The molecule has 0 radical (unpaired) electrons. The Balaban J connectivity index is 3.85. The van der Waals surface area contributed by atoms with Gasteiger partial charge in [-0.25, -0.2) is 0 Å². The number of hydrogen-bond donors (Lipinski definition) is 2. The smallest absolute Gasteiger partial charge is 0.220 e. The van der Waals surface area contributed by atoms with Crippen LogP contribution in [0.2, 0.25) is 0 Å². The van der Waals surface area contributed by atoms with Crippen molar-refractivity contribution in [2.45, 2.75) is 40.0 Å². The van der Waals surface area contributed by atoms with Gasteiger partial charge in [0, 0.05) is 13.0 Å². The Morgan fingerprint density at radius 1 is 1.35 bits per heavy atom. The lowest BCUT2D eigenvalue weighted by Crippen LogP contribution is -2.28. The van der Waals surface area contributed by atoms with Crippen LogP contribution in [0.15, 0.2) is 0 Å². The number of amides is 1. The maximum atomic E-state index is 11.5. The first-order chi connectivity index (χ1) is 8.01. The maximum absolute atomic E-state index is 11.5. The van der Waals surface area contributed by atoms with Gasteiger partial charge in [0.05, 0.1) is 12.0 Å². The molecule has 3 N–H and O–H groups in total. The molecule has 0 spiro atoms. The van der Waals surface area contributed by atoms with E-state index in [4.69, 9.17) is 11.0 Å². The predicted octanol–water partition coefficient (Wildman–Crippen LogP) is 1.66. The Labute approximate surface area is 105 Å². The Morgan fingerprint density at radius 2 is 2.00 bits per heavy atom. The van der Waals surface area contributed by atoms with E-state index < -0.39 is 0 Å². The van der Waals surface area contributed by atoms with E-state index in [9.17, 15) is 4.79 Å². The molecule has 0 aromatic carbocycles. The summed E-state index contributed by atoms with van der Waals surface area (Å²) in [6.07, 6.45) is 2.38. The minimum atomic E-state index is -0.121. The highest BCUT2D eigenvalue weighted by molar-refractivity contribution is 5.75. The summed E-state index contributed by atoms with van der Waals surface area (Å²) < 4.78 is 0. The van der Waals surface area contributed by atoms with Crippen LogP contribution in [0.1, 0.15) is 40.0 Å². The summed E-state index contributed by atoms with van der Waals surface area (Å²) in [7, 11) is 0. The number of rotatable bonds is 8. The molecule has 4 nitrogen and oxygen atoms in total. The normalized spacial score (nSPS) is 14.1. The van der Waals surface area contributed by atoms with Crippen molar-refractivity contribution in [2.24, 2.45) is 23.5 Å². The summed E-state index contributed by atoms with van der Waals surface area (Å²) in [6, 6.07) is 2.09. The number of carbonyl (C=O) groups excluding carboxylic acids is 1. The molecular weight excluding hydrogens is 214 g/mol. The van der Waals surface area contributed by atoms with Crippen LogP contribution in [-0.2, 0) is 4.79 Å². The monoisotopic (exact) mass is 239 g/mol. The first kappa shape index (κ1) is 15.9. The zero-order valence-corrected chi connectivity index (χ0v) is 11.2. The first-order valence-electron chi connectivity index (χ1n) is 6.37. The first-order valence-corrected chi connectivity index (χ1v) is 6.37. The number of nitrogens with zero attached hydrogens (tertiary/aromatic N) is 1. The molecule has 17 heavy (non-hydrogen) atoms. The van der Waals surface area contributed by atoms with Gasteiger partial charge in [-0.3, -0.25) is 4.79 Å². The van der Waals surface area contributed by atoms with Crippen LogP contribution in [-0.4, -0.2) is 19.0 Å². The average Bonchev–Trinajstić information content (AvgIpc) is 2.30. The van der Waals surface area contributed by atoms with Gasteiger partial charge in [0.2, 0.25) is 5.91 Å². The van der Waals surface area contributed by atoms with Gasteiger partial charge in [-0.05, 0) is 38.1 Å². The molecule has 1 amide bonds. The molecule has 0 aromatic heterocycles. The Morgan fingerprint density at radius 3 is 2.47 bits per heavy atom. The molecule has 0 aliphatic heterocycles. The lowest BCUT2D eigenvalue weighted by Gasteiger charge is -2.19. The standard InChI is InChI=1S/C13H25N3O/c1-10(2)12(6-7-14)4-5-13(17)16-9-11(3)8-15/h10-12H,4-7,9,14H2,1-3H3,(H,16,17). The Kier molecular flexibility index (Phi) is 8.43. The summed E-state index contributed by atoms with van der Waals surface area (Å²) in [5.41, 5.74) is 5.55. The van der Waals surface area contributed by atoms with Gasteiger partial charge in [-0.15, -0.1) is 0 Å². The van der Waals surface area contributed by atoms with Crippen molar-refractivity contribution in [3.8, 4) is 6.07 Å². The van der Waals surface area contributed by atoms with Gasteiger partial charge in [0.25, 0.3) is 0 Å². The van der Waals surface area contributed by atoms with E-state index in [0.717, 1.165) is 12.8 Å². The van der Waals surface area contributed by atoms with E-state index in [0.29, 0.717) is 31.3 Å². The van der Waals surface area contributed by atoms with Crippen LogP contribution >= 0.6 is 0 Å². The van der Waals surface area contributed by atoms with Crippen LogP contribution in [0.4, 0.5) is 0 Å². The number of nitrogens with one attached hydrogen (secondary N) is 1. The topological polar surface area (TPSA) is 78.9 Å². The van der Waals surface area contributed by atoms with Crippen LogP contribution in [0.25, 0.3) is 0 Å². The van der Waals surface area contributed by atoms with Crippen molar-refractivity contribution in [3.63, 3.8) is 0 Å². The lowest BCUT2D eigenvalue weighted by molar-refractivity contribution is -0.121. The van der Waals surface area contributed by atoms with E-state index in [1.807, 2.05) is 0 Å².